The monoisotopic (exact) mass is 781 g/mol. The molecule has 10 aromatic rings. The van der Waals surface area contributed by atoms with Gasteiger partial charge in [0.25, 0.3) is 0 Å². The van der Waals surface area contributed by atoms with Crippen LogP contribution in [0.2, 0.25) is 0 Å². The molecule has 1 aliphatic heterocycles. The second kappa shape index (κ2) is 14.5. The lowest BCUT2D eigenvalue weighted by Crippen LogP contribution is -2.54. The first-order valence-corrected chi connectivity index (χ1v) is 21.4. The normalized spacial score (nSPS) is 17.9. The molecule has 1 aliphatic carbocycles. The molecule has 290 valence electrons. The van der Waals surface area contributed by atoms with E-state index >= 15 is 0 Å². The van der Waals surface area contributed by atoms with Crippen molar-refractivity contribution in [1.82, 2.24) is 16.0 Å². The van der Waals surface area contributed by atoms with E-state index in [0.717, 1.165) is 0 Å². The fourth-order valence-corrected chi connectivity index (χ4v) is 10.7. The molecule has 3 atom stereocenters. The van der Waals surface area contributed by atoms with Gasteiger partial charge in [-0.1, -0.05) is 218 Å². The van der Waals surface area contributed by atoms with Crippen molar-refractivity contribution in [3.63, 3.8) is 0 Å². The third kappa shape index (κ3) is 5.63. The van der Waals surface area contributed by atoms with Crippen LogP contribution in [0, 0.1) is 0 Å². The van der Waals surface area contributed by atoms with Gasteiger partial charge in [0.1, 0.15) is 0 Å². The molecular formula is C58H43N3. The molecule has 1 saturated heterocycles. The predicted octanol–water partition coefficient (Wildman–Crippen LogP) is 13.4. The van der Waals surface area contributed by atoms with Gasteiger partial charge in [0, 0.05) is 0 Å². The number of benzene rings is 10. The van der Waals surface area contributed by atoms with Crippen LogP contribution in [0.4, 0.5) is 0 Å². The molecule has 61 heavy (non-hydrogen) atoms. The third-order valence-electron chi connectivity index (χ3n) is 13.3. The van der Waals surface area contributed by atoms with Crippen LogP contribution in [0.5, 0.6) is 0 Å². The van der Waals surface area contributed by atoms with Gasteiger partial charge in [-0.15, -0.1) is 0 Å². The Morgan fingerprint density at radius 2 is 0.852 bits per heavy atom. The van der Waals surface area contributed by atoms with Crippen LogP contribution in [-0.2, 0) is 5.41 Å². The second-order valence-corrected chi connectivity index (χ2v) is 16.4. The van der Waals surface area contributed by atoms with E-state index < -0.39 is 5.41 Å². The Morgan fingerprint density at radius 3 is 1.61 bits per heavy atom. The van der Waals surface area contributed by atoms with E-state index in [0.29, 0.717) is 0 Å². The minimum Gasteiger partial charge on any atom is -0.279 e. The van der Waals surface area contributed by atoms with E-state index in [4.69, 9.17) is 0 Å². The number of nitrogens with one attached hydrogen (secondary N) is 3. The fraction of sp³-hybridized carbons (Fsp3) is 0.0690. The van der Waals surface area contributed by atoms with Crippen molar-refractivity contribution in [2.24, 2.45) is 0 Å². The second-order valence-electron chi connectivity index (χ2n) is 16.4. The fourth-order valence-electron chi connectivity index (χ4n) is 10.7. The lowest BCUT2D eigenvalue weighted by Gasteiger charge is -2.41. The summed E-state index contributed by atoms with van der Waals surface area (Å²) < 4.78 is 0. The van der Waals surface area contributed by atoms with E-state index in [9.17, 15) is 0 Å². The molecule has 3 N–H and O–H groups in total. The van der Waals surface area contributed by atoms with Crippen molar-refractivity contribution in [3.05, 3.63) is 263 Å². The lowest BCUT2D eigenvalue weighted by molar-refractivity contribution is 0.204. The summed E-state index contributed by atoms with van der Waals surface area (Å²) >= 11 is 0. The van der Waals surface area contributed by atoms with Gasteiger partial charge < -0.3 is 0 Å². The molecule has 0 radical (unpaired) electrons. The van der Waals surface area contributed by atoms with E-state index in [-0.39, 0.29) is 18.5 Å². The average molecular weight is 782 g/mol. The van der Waals surface area contributed by atoms with Gasteiger partial charge >= 0.3 is 0 Å². The molecule has 0 amide bonds. The van der Waals surface area contributed by atoms with Crippen LogP contribution in [-0.4, -0.2) is 0 Å². The van der Waals surface area contributed by atoms with E-state index in [1.165, 1.54) is 93.5 Å². The van der Waals surface area contributed by atoms with Gasteiger partial charge in [-0.2, -0.15) is 0 Å². The number of rotatable bonds is 6. The lowest BCUT2D eigenvalue weighted by atomic mass is 9.67. The molecule has 2 aliphatic rings. The zero-order chi connectivity index (χ0) is 40.3. The topological polar surface area (TPSA) is 36.1 Å². The van der Waals surface area contributed by atoms with Crippen LogP contribution in [0.15, 0.2) is 224 Å². The van der Waals surface area contributed by atoms with E-state index in [1.54, 1.807) is 0 Å². The van der Waals surface area contributed by atoms with Crippen molar-refractivity contribution < 1.29 is 0 Å². The van der Waals surface area contributed by atoms with Crippen molar-refractivity contribution in [3.8, 4) is 22.3 Å². The van der Waals surface area contributed by atoms with Crippen LogP contribution in [0.3, 0.4) is 0 Å². The summed E-state index contributed by atoms with van der Waals surface area (Å²) in [6.45, 7) is 0. The smallest absolute Gasteiger partial charge is 0.0870 e. The predicted molar refractivity (Wildman–Crippen MR) is 252 cm³/mol. The molecular weight excluding hydrogens is 739 g/mol. The van der Waals surface area contributed by atoms with Gasteiger partial charge in [0.15, 0.2) is 0 Å². The van der Waals surface area contributed by atoms with Crippen molar-refractivity contribution in [2.75, 3.05) is 0 Å². The van der Waals surface area contributed by atoms with Crippen molar-refractivity contribution in [2.45, 2.75) is 23.9 Å². The molecule has 1 fully saturated rings. The Kier molecular flexibility index (Phi) is 8.53. The van der Waals surface area contributed by atoms with Crippen molar-refractivity contribution >= 4 is 32.3 Å². The zero-order valence-electron chi connectivity index (χ0n) is 33.6. The number of hydrogen-bond acceptors (Lipinski definition) is 3. The summed E-state index contributed by atoms with van der Waals surface area (Å²) in [7, 11) is 0. The first-order valence-electron chi connectivity index (χ1n) is 21.4. The summed E-state index contributed by atoms with van der Waals surface area (Å²) in [6, 6.07) is 82.5. The standard InChI is InChI=1S/C58H43N3/c1-4-20-39(21-5-1)55-59-56(47-30-15-14-29-45(47)53-44-28-13-11-22-40(44)37-50-43-27-12-10-19-38(43)35-36-46(50)53)61-57(60-55)49-32-18-34-52-54(49)48-31-16-17-33-51(48)58(52,41-23-6-2-7-24-41)42-25-8-3-9-26-42/h1-37,55-57,59-61H. The Hall–Kier alpha value is -7.14. The van der Waals surface area contributed by atoms with Crippen LogP contribution in [0.1, 0.15) is 57.4 Å². The Labute approximate surface area is 356 Å². The minimum absolute atomic E-state index is 0.140. The Bertz CT molecular complexity index is 3210. The molecule has 3 unspecified atom stereocenters. The molecule has 12 rings (SSSR count). The SMILES string of the molecule is c1ccc(C2NC(c3ccccc3-c3c4ccccc4cc4c3ccc3ccccc34)NC(c3cccc4c3-c3ccccc3C4(c3ccccc3)c3ccccc3)N2)cc1. The molecule has 0 spiro atoms. The van der Waals surface area contributed by atoms with Crippen LogP contribution < -0.4 is 16.0 Å². The average Bonchev–Trinajstić information content (AvgIpc) is 3.65. The number of hydrogen-bond donors (Lipinski definition) is 3. The van der Waals surface area contributed by atoms with Crippen LogP contribution >= 0.6 is 0 Å². The zero-order valence-corrected chi connectivity index (χ0v) is 33.6. The molecule has 3 heteroatoms. The highest BCUT2D eigenvalue weighted by Crippen LogP contribution is 2.57. The first-order chi connectivity index (χ1) is 30.3. The maximum Gasteiger partial charge on any atom is 0.0870 e. The van der Waals surface area contributed by atoms with E-state index in [2.05, 4.69) is 240 Å². The van der Waals surface area contributed by atoms with E-state index in [1.807, 2.05) is 0 Å². The van der Waals surface area contributed by atoms with Gasteiger partial charge in [-0.05, 0) is 99.6 Å². The van der Waals surface area contributed by atoms with Crippen LogP contribution in [0.25, 0.3) is 54.6 Å². The van der Waals surface area contributed by atoms with Gasteiger partial charge in [0.05, 0.1) is 23.9 Å². The maximum atomic E-state index is 4.17. The highest BCUT2D eigenvalue weighted by molar-refractivity contribution is 6.20. The Morgan fingerprint density at radius 1 is 0.311 bits per heavy atom. The minimum atomic E-state index is -0.484. The summed E-state index contributed by atoms with van der Waals surface area (Å²) in [5.74, 6) is 0. The maximum absolute atomic E-state index is 4.17. The van der Waals surface area contributed by atoms with Gasteiger partial charge in [-0.3, -0.25) is 16.0 Å². The number of fused-ring (bicyclic) bond motifs is 7. The molecule has 1 heterocycles. The summed E-state index contributed by atoms with van der Waals surface area (Å²) in [5, 5.41) is 19.8. The summed E-state index contributed by atoms with van der Waals surface area (Å²) in [4.78, 5) is 0. The Balaban J connectivity index is 1.07. The molecule has 0 saturated carbocycles. The van der Waals surface area contributed by atoms with Gasteiger partial charge in [0.2, 0.25) is 0 Å². The molecule has 0 aromatic heterocycles. The first kappa shape index (κ1) is 35.8. The highest BCUT2D eigenvalue weighted by Gasteiger charge is 2.47. The quantitative estimate of drug-likeness (QED) is 0.116. The third-order valence-corrected chi connectivity index (χ3v) is 13.3. The van der Waals surface area contributed by atoms with Crippen molar-refractivity contribution in [1.29, 1.82) is 0 Å². The molecule has 0 bridgehead atoms. The molecule has 3 nitrogen and oxygen atoms in total. The molecule has 10 aromatic carbocycles. The summed E-state index contributed by atoms with van der Waals surface area (Å²) in [5.41, 5.74) is 13.3. The highest BCUT2D eigenvalue weighted by atomic mass is 15.4. The largest absolute Gasteiger partial charge is 0.279 e. The summed E-state index contributed by atoms with van der Waals surface area (Å²) in [6.07, 6.45) is -0.551. The van der Waals surface area contributed by atoms with Gasteiger partial charge in [-0.25, -0.2) is 0 Å².